The fraction of sp³-hybridized carbons (Fsp3) is 0.474. The number of hydrogen-bond acceptors (Lipinski definition) is 3. The van der Waals surface area contributed by atoms with Crippen molar-refractivity contribution >= 4 is 17.1 Å². The zero-order valence-electron chi connectivity index (χ0n) is 13.9. The van der Waals surface area contributed by atoms with Crippen LogP contribution in [-0.2, 0) is 6.54 Å². The van der Waals surface area contributed by atoms with Crippen LogP contribution < -0.4 is 5.56 Å². The van der Waals surface area contributed by atoms with E-state index in [1.54, 1.807) is 10.8 Å². The predicted octanol–water partition coefficient (Wildman–Crippen LogP) is 3.79. The molecule has 1 aromatic heterocycles. The molecule has 1 N–H and O–H groups in total. The van der Waals surface area contributed by atoms with Gasteiger partial charge in [0.25, 0.3) is 5.56 Å². The first kappa shape index (κ1) is 15.8. The number of aromatic hydroxyl groups is 1. The van der Waals surface area contributed by atoms with Crippen LogP contribution in [0.25, 0.3) is 10.9 Å². The number of unbranched alkanes of at least 4 members (excludes halogenated alkanes) is 1. The lowest BCUT2D eigenvalue weighted by atomic mass is 9.94. The third-order valence-corrected chi connectivity index (χ3v) is 4.72. The van der Waals surface area contributed by atoms with Gasteiger partial charge in [0.15, 0.2) is 0 Å². The van der Waals surface area contributed by atoms with E-state index in [2.05, 4.69) is 11.9 Å². The van der Waals surface area contributed by atoms with Gasteiger partial charge in [0.05, 0.1) is 5.52 Å². The average Bonchev–Trinajstić information content (AvgIpc) is 2.49. The van der Waals surface area contributed by atoms with E-state index in [0.29, 0.717) is 18.2 Å². The van der Waals surface area contributed by atoms with Gasteiger partial charge in [0, 0.05) is 24.2 Å². The summed E-state index contributed by atoms with van der Waals surface area (Å²) >= 11 is 0. The van der Waals surface area contributed by atoms with Crippen LogP contribution >= 0.6 is 0 Å². The Morgan fingerprint density at radius 3 is 2.83 bits per heavy atom. The van der Waals surface area contributed by atoms with Crippen molar-refractivity contribution in [2.24, 2.45) is 4.99 Å². The third-order valence-electron chi connectivity index (χ3n) is 4.72. The van der Waals surface area contributed by atoms with E-state index in [0.717, 1.165) is 42.1 Å². The van der Waals surface area contributed by atoms with Gasteiger partial charge < -0.3 is 9.67 Å². The molecule has 122 valence electrons. The first-order valence-electron chi connectivity index (χ1n) is 8.51. The number of fused-ring (bicyclic) bond motifs is 1. The van der Waals surface area contributed by atoms with E-state index in [9.17, 15) is 9.90 Å². The molecule has 1 aromatic carbocycles. The first-order valence-corrected chi connectivity index (χ1v) is 8.51. The molecular weight excluding hydrogens is 288 g/mol. The molecule has 0 aliphatic heterocycles. The van der Waals surface area contributed by atoms with Crippen LogP contribution in [0.1, 0.15) is 50.2 Å². The molecule has 4 heteroatoms. The predicted molar refractivity (Wildman–Crippen MR) is 94.8 cm³/mol. The highest BCUT2D eigenvalue weighted by molar-refractivity contribution is 5.96. The summed E-state index contributed by atoms with van der Waals surface area (Å²) in [5, 5.41) is 11.3. The molecule has 0 saturated heterocycles. The van der Waals surface area contributed by atoms with Gasteiger partial charge in [-0.05, 0) is 44.2 Å². The number of aliphatic imine (C=N–C) groups is 1. The van der Waals surface area contributed by atoms with Crippen molar-refractivity contribution in [2.75, 3.05) is 0 Å². The topological polar surface area (TPSA) is 54.6 Å². The highest BCUT2D eigenvalue weighted by atomic mass is 16.3. The van der Waals surface area contributed by atoms with Gasteiger partial charge in [-0.25, -0.2) is 0 Å². The standard InChI is InChI=1S/C19H24N2O2/c1-3-4-11-21-17-13(2)7-5-10-15(17)18(22)16(19(21)23)12-20-14-8-6-9-14/h5,7,10,12,14,22H,3-4,6,8-9,11H2,1-2H3. The Morgan fingerprint density at radius 1 is 1.39 bits per heavy atom. The minimum Gasteiger partial charge on any atom is -0.506 e. The molecule has 1 aliphatic rings. The number of aromatic nitrogens is 1. The molecule has 0 spiro atoms. The Kier molecular flexibility index (Phi) is 4.51. The maximum absolute atomic E-state index is 12.9. The molecule has 4 nitrogen and oxygen atoms in total. The Labute approximate surface area is 136 Å². The Hall–Kier alpha value is -2.10. The average molecular weight is 312 g/mol. The van der Waals surface area contributed by atoms with Gasteiger partial charge in [-0.3, -0.25) is 9.79 Å². The van der Waals surface area contributed by atoms with E-state index in [-0.39, 0.29) is 11.3 Å². The normalized spacial score (nSPS) is 15.4. The lowest BCUT2D eigenvalue weighted by molar-refractivity contribution is 0.421. The van der Waals surface area contributed by atoms with E-state index >= 15 is 0 Å². The Bertz CT molecular complexity index is 801. The van der Waals surface area contributed by atoms with Gasteiger partial charge in [0.2, 0.25) is 0 Å². The number of aryl methyl sites for hydroxylation is 2. The van der Waals surface area contributed by atoms with Crippen LogP contribution in [0.4, 0.5) is 0 Å². The summed E-state index contributed by atoms with van der Waals surface area (Å²) in [5.41, 5.74) is 2.03. The third kappa shape index (κ3) is 2.90. The second kappa shape index (κ2) is 6.57. The number of para-hydroxylation sites is 1. The van der Waals surface area contributed by atoms with Crippen molar-refractivity contribution in [1.29, 1.82) is 0 Å². The van der Waals surface area contributed by atoms with Gasteiger partial charge in [-0.2, -0.15) is 0 Å². The molecular formula is C19H24N2O2. The summed E-state index contributed by atoms with van der Waals surface area (Å²) in [7, 11) is 0. The molecule has 0 atom stereocenters. The second-order valence-corrected chi connectivity index (χ2v) is 6.41. The van der Waals surface area contributed by atoms with Crippen molar-refractivity contribution in [1.82, 2.24) is 4.57 Å². The molecule has 2 aromatic rings. The van der Waals surface area contributed by atoms with Gasteiger partial charge in [-0.15, -0.1) is 0 Å². The minimum atomic E-state index is -0.138. The summed E-state index contributed by atoms with van der Waals surface area (Å²) in [5.74, 6) is 0.0597. The fourth-order valence-electron chi connectivity index (χ4n) is 3.06. The van der Waals surface area contributed by atoms with E-state index in [1.807, 2.05) is 25.1 Å². The number of rotatable bonds is 5. The minimum absolute atomic E-state index is 0.0597. The second-order valence-electron chi connectivity index (χ2n) is 6.41. The largest absolute Gasteiger partial charge is 0.506 e. The van der Waals surface area contributed by atoms with Crippen molar-refractivity contribution in [3.8, 4) is 5.75 Å². The monoisotopic (exact) mass is 312 g/mol. The van der Waals surface area contributed by atoms with Crippen LogP contribution in [0.3, 0.4) is 0 Å². The van der Waals surface area contributed by atoms with Crippen molar-refractivity contribution in [3.63, 3.8) is 0 Å². The Morgan fingerprint density at radius 2 is 2.17 bits per heavy atom. The van der Waals surface area contributed by atoms with E-state index in [4.69, 9.17) is 0 Å². The van der Waals surface area contributed by atoms with Crippen LogP contribution in [0.2, 0.25) is 0 Å². The molecule has 0 unspecified atom stereocenters. The maximum Gasteiger partial charge on any atom is 0.263 e. The van der Waals surface area contributed by atoms with Gasteiger partial charge in [-0.1, -0.05) is 25.5 Å². The smallest absolute Gasteiger partial charge is 0.263 e. The quantitative estimate of drug-likeness (QED) is 0.854. The first-order chi connectivity index (χ1) is 11.1. The SMILES string of the molecule is CCCCn1c(=O)c(C=NC2CCC2)c(O)c2cccc(C)c21. The lowest BCUT2D eigenvalue weighted by Gasteiger charge is -2.20. The Balaban J connectivity index is 2.19. The molecule has 23 heavy (non-hydrogen) atoms. The summed E-state index contributed by atoms with van der Waals surface area (Å²) in [4.78, 5) is 17.4. The van der Waals surface area contributed by atoms with Gasteiger partial charge >= 0.3 is 0 Å². The highest BCUT2D eigenvalue weighted by Gasteiger charge is 2.18. The molecule has 1 saturated carbocycles. The van der Waals surface area contributed by atoms with Crippen molar-refractivity contribution < 1.29 is 5.11 Å². The summed E-state index contributed by atoms with van der Waals surface area (Å²) in [6.45, 7) is 4.76. The van der Waals surface area contributed by atoms with Crippen LogP contribution in [0, 0.1) is 6.92 Å². The van der Waals surface area contributed by atoms with Crippen LogP contribution in [0.15, 0.2) is 28.0 Å². The summed E-state index contributed by atoms with van der Waals surface area (Å²) < 4.78 is 1.80. The fourth-order valence-corrected chi connectivity index (χ4v) is 3.06. The van der Waals surface area contributed by atoms with Crippen molar-refractivity contribution in [3.05, 3.63) is 39.7 Å². The molecule has 0 radical (unpaired) electrons. The highest BCUT2D eigenvalue weighted by Crippen LogP contribution is 2.28. The zero-order valence-corrected chi connectivity index (χ0v) is 13.9. The molecule has 3 rings (SSSR count). The number of pyridine rings is 1. The van der Waals surface area contributed by atoms with E-state index < -0.39 is 0 Å². The lowest BCUT2D eigenvalue weighted by Crippen LogP contribution is -2.25. The van der Waals surface area contributed by atoms with Gasteiger partial charge in [0.1, 0.15) is 11.3 Å². The zero-order chi connectivity index (χ0) is 16.4. The summed E-state index contributed by atoms with van der Waals surface area (Å²) in [6, 6.07) is 6.08. The molecule has 0 amide bonds. The maximum atomic E-state index is 12.9. The van der Waals surface area contributed by atoms with Crippen molar-refractivity contribution in [2.45, 2.75) is 58.5 Å². The van der Waals surface area contributed by atoms with Crippen LogP contribution in [0.5, 0.6) is 5.75 Å². The molecule has 0 bridgehead atoms. The summed E-state index contributed by atoms with van der Waals surface area (Å²) in [6.07, 6.45) is 6.90. The van der Waals surface area contributed by atoms with Crippen LogP contribution in [-0.4, -0.2) is 21.9 Å². The number of hydrogen-bond donors (Lipinski definition) is 1. The molecule has 1 fully saturated rings. The molecule has 1 aliphatic carbocycles. The number of nitrogens with zero attached hydrogens (tertiary/aromatic N) is 2. The molecule has 1 heterocycles. The number of benzene rings is 1. The van der Waals surface area contributed by atoms with E-state index in [1.165, 1.54) is 6.42 Å².